The number of hydrogen-bond donors (Lipinski definition) is 4. The summed E-state index contributed by atoms with van der Waals surface area (Å²) in [6.07, 6.45) is -0.443. The van der Waals surface area contributed by atoms with Gasteiger partial charge in [0, 0.05) is 6.54 Å². The maximum absolute atomic E-state index is 11.4. The second-order valence-corrected chi connectivity index (χ2v) is 4.30. The van der Waals surface area contributed by atoms with Gasteiger partial charge < -0.3 is 21.5 Å². The van der Waals surface area contributed by atoms with Gasteiger partial charge in [-0.25, -0.2) is 9.59 Å². The van der Waals surface area contributed by atoms with Gasteiger partial charge >= 0.3 is 12.0 Å². The Bertz CT molecular complexity index is 432. The van der Waals surface area contributed by atoms with Crippen molar-refractivity contribution in [1.82, 2.24) is 10.6 Å². The number of carboxylic acid groups (broad SMARTS) is 1. The molecule has 7 nitrogen and oxygen atoms in total. The third kappa shape index (κ3) is 4.83. The van der Waals surface area contributed by atoms with Crippen molar-refractivity contribution in [2.75, 3.05) is 0 Å². The maximum atomic E-state index is 11.4. The second-order valence-electron chi connectivity index (χ2n) is 3.52. The first-order valence-electron chi connectivity index (χ1n) is 5.05. The van der Waals surface area contributed by atoms with Crippen molar-refractivity contribution in [3.8, 4) is 0 Å². The summed E-state index contributed by atoms with van der Waals surface area (Å²) < 4.78 is 0. The van der Waals surface area contributed by atoms with Gasteiger partial charge in [-0.15, -0.1) is 0 Å². The number of urea groups is 1. The Labute approximate surface area is 107 Å². The summed E-state index contributed by atoms with van der Waals surface area (Å²) in [5.74, 6) is -2.10. The number of amides is 3. The molecular weight excluding hydrogens is 258 g/mol. The standard InChI is InChI=1S/C10H13N3O4S/c11-8(14)3-7(9(15)16)13-10(17)12-4-6-1-2-18-5-6/h1-2,5,7H,3-4H2,(H2,11,14)(H,15,16)(H2,12,13,17)/t7-/m1/s1. The minimum Gasteiger partial charge on any atom is -0.480 e. The number of primary amides is 1. The average Bonchev–Trinajstić information content (AvgIpc) is 2.77. The number of rotatable bonds is 6. The Kier molecular flexibility index (Phi) is 5.12. The van der Waals surface area contributed by atoms with Gasteiger partial charge in [0.15, 0.2) is 0 Å². The van der Waals surface area contributed by atoms with Crippen LogP contribution >= 0.6 is 11.3 Å². The average molecular weight is 271 g/mol. The first-order chi connectivity index (χ1) is 8.49. The van der Waals surface area contributed by atoms with Gasteiger partial charge in [-0.3, -0.25) is 4.79 Å². The number of nitrogens with two attached hydrogens (primary N) is 1. The Morgan fingerprint density at radius 3 is 2.67 bits per heavy atom. The number of nitrogens with one attached hydrogen (secondary N) is 2. The van der Waals surface area contributed by atoms with Crippen molar-refractivity contribution in [3.05, 3.63) is 22.4 Å². The van der Waals surface area contributed by atoms with Crippen LogP contribution in [0.25, 0.3) is 0 Å². The molecule has 0 radical (unpaired) electrons. The highest BCUT2D eigenvalue weighted by Crippen LogP contribution is 2.04. The minimum absolute atomic E-state index is 0.290. The van der Waals surface area contributed by atoms with Crippen molar-refractivity contribution in [2.24, 2.45) is 5.73 Å². The monoisotopic (exact) mass is 271 g/mol. The van der Waals surface area contributed by atoms with Crippen molar-refractivity contribution >= 4 is 29.2 Å². The van der Waals surface area contributed by atoms with Crippen LogP contribution in [0.4, 0.5) is 4.79 Å². The molecule has 0 spiro atoms. The fourth-order valence-corrected chi connectivity index (χ4v) is 1.85. The zero-order valence-electron chi connectivity index (χ0n) is 9.38. The van der Waals surface area contributed by atoms with Crippen molar-refractivity contribution in [3.63, 3.8) is 0 Å². The predicted molar refractivity (Wildman–Crippen MR) is 64.9 cm³/mol. The number of hydrogen-bond acceptors (Lipinski definition) is 4. The molecule has 1 atom stereocenters. The van der Waals surface area contributed by atoms with Gasteiger partial charge in [0.05, 0.1) is 6.42 Å². The lowest BCUT2D eigenvalue weighted by atomic mass is 10.2. The van der Waals surface area contributed by atoms with Gasteiger partial charge in [-0.05, 0) is 22.4 Å². The fraction of sp³-hybridized carbons (Fsp3) is 0.300. The summed E-state index contributed by atoms with van der Waals surface area (Å²) in [7, 11) is 0. The van der Waals surface area contributed by atoms with Crippen LogP contribution in [0, 0.1) is 0 Å². The lowest BCUT2D eigenvalue weighted by Gasteiger charge is -2.13. The van der Waals surface area contributed by atoms with E-state index >= 15 is 0 Å². The van der Waals surface area contributed by atoms with E-state index in [2.05, 4.69) is 10.6 Å². The summed E-state index contributed by atoms with van der Waals surface area (Å²) in [5, 5.41) is 17.1. The lowest BCUT2D eigenvalue weighted by molar-refractivity contribution is -0.140. The summed E-state index contributed by atoms with van der Waals surface area (Å²) in [6, 6.07) is -0.136. The molecule has 98 valence electrons. The number of carboxylic acids is 1. The first-order valence-corrected chi connectivity index (χ1v) is 6.00. The molecule has 0 saturated heterocycles. The van der Waals surface area contributed by atoms with E-state index in [9.17, 15) is 14.4 Å². The molecule has 1 heterocycles. The topological polar surface area (TPSA) is 122 Å². The van der Waals surface area contributed by atoms with Crippen LogP contribution in [-0.4, -0.2) is 29.1 Å². The van der Waals surface area contributed by atoms with E-state index in [4.69, 9.17) is 10.8 Å². The molecule has 0 fully saturated rings. The van der Waals surface area contributed by atoms with Crippen LogP contribution in [0.15, 0.2) is 16.8 Å². The molecule has 0 saturated carbocycles. The van der Waals surface area contributed by atoms with Gasteiger partial charge in [0.2, 0.25) is 5.91 Å². The smallest absolute Gasteiger partial charge is 0.326 e. The Morgan fingerprint density at radius 1 is 1.44 bits per heavy atom. The highest BCUT2D eigenvalue weighted by molar-refractivity contribution is 7.07. The van der Waals surface area contributed by atoms with Crippen LogP contribution in [0.5, 0.6) is 0 Å². The van der Waals surface area contributed by atoms with Crippen LogP contribution in [0.2, 0.25) is 0 Å². The van der Waals surface area contributed by atoms with E-state index in [0.29, 0.717) is 0 Å². The molecule has 5 N–H and O–H groups in total. The molecule has 1 rings (SSSR count). The predicted octanol–water partition coefficient (Wildman–Crippen LogP) is -0.124. The van der Waals surface area contributed by atoms with Gasteiger partial charge in [0.25, 0.3) is 0 Å². The molecule has 0 unspecified atom stereocenters. The Hall–Kier alpha value is -2.09. The van der Waals surface area contributed by atoms with E-state index in [-0.39, 0.29) is 6.54 Å². The normalized spacial score (nSPS) is 11.6. The molecule has 1 aromatic rings. The molecule has 18 heavy (non-hydrogen) atoms. The SMILES string of the molecule is NC(=O)C[C@@H](NC(=O)NCc1ccsc1)C(=O)O. The molecule has 3 amide bonds. The maximum Gasteiger partial charge on any atom is 0.326 e. The summed E-state index contributed by atoms with van der Waals surface area (Å²) >= 11 is 1.49. The lowest BCUT2D eigenvalue weighted by Crippen LogP contribution is -2.47. The van der Waals surface area contributed by atoms with Gasteiger partial charge in [0.1, 0.15) is 6.04 Å². The highest BCUT2D eigenvalue weighted by Gasteiger charge is 2.21. The Morgan fingerprint density at radius 2 is 2.17 bits per heavy atom. The van der Waals surface area contributed by atoms with Crippen LogP contribution in [0.3, 0.4) is 0 Å². The largest absolute Gasteiger partial charge is 0.480 e. The number of thiophene rings is 1. The van der Waals surface area contributed by atoms with Crippen LogP contribution < -0.4 is 16.4 Å². The zero-order chi connectivity index (χ0) is 13.5. The number of aliphatic carboxylic acids is 1. The van der Waals surface area contributed by atoms with E-state index in [1.54, 1.807) is 0 Å². The zero-order valence-corrected chi connectivity index (χ0v) is 10.2. The third-order valence-electron chi connectivity index (χ3n) is 2.04. The molecule has 0 aliphatic rings. The second kappa shape index (κ2) is 6.60. The molecule has 0 bridgehead atoms. The van der Waals surface area contributed by atoms with Gasteiger partial charge in [-0.1, -0.05) is 0 Å². The van der Waals surface area contributed by atoms with Crippen LogP contribution in [0.1, 0.15) is 12.0 Å². The van der Waals surface area contributed by atoms with Gasteiger partial charge in [-0.2, -0.15) is 11.3 Å². The van der Waals surface area contributed by atoms with E-state index in [1.807, 2.05) is 16.8 Å². The molecule has 0 aliphatic carbocycles. The molecule has 8 heteroatoms. The van der Waals surface area contributed by atoms with Crippen molar-refractivity contribution in [1.29, 1.82) is 0 Å². The quantitative estimate of drug-likeness (QED) is 0.576. The van der Waals surface area contributed by atoms with E-state index in [0.717, 1.165) is 5.56 Å². The third-order valence-corrected chi connectivity index (χ3v) is 2.77. The summed E-state index contributed by atoms with van der Waals surface area (Å²) in [4.78, 5) is 32.8. The number of carbonyl (C=O) groups excluding carboxylic acids is 2. The first kappa shape index (κ1) is 14.0. The summed E-state index contributed by atoms with van der Waals surface area (Å²) in [5.41, 5.74) is 5.80. The summed E-state index contributed by atoms with van der Waals surface area (Å²) in [6.45, 7) is 0.290. The highest BCUT2D eigenvalue weighted by atomic mass is 32.1. The molecular formula is C10H13N3O4S. The van der Waals surface area contributed by atoms with Crippen molar-refractivity contribution in [2.45, 2.75) is 19.0 Å². The van der Waals surface area contributed by atoms with Crippen molar-refractivity contribution < 1.29 is 19.5 Å². The molecule has 0 aromatic carbocycles. The van der Waals surface area contributed by atoms with Crippen LogP contribution in [-0.2, 0) is 16.1 Å². The minimum atomic E-state index is -1.31. The molecule has 1 aromatic heterocycles. The Balaban J connectivity index is 2.41. The number of carbonyl (C=O) groups is 3. The van der Waals surface area contributed by atoms with E-state index < -0.39 is 30.4 Å². The fourth-order valence-electron chi connectivity index (χ4n) is 1.19. The molecule has 0 aliphatic heterocycles. The van der Waals surface area contributed by atoms with E-state index in [1.165, 1.54) is 11.3 Å².